The molecule has 5 N–H and O–H groups in total. The maximum atomic E-state index is 11.3. The Labute approximate surface area is 110 Å². The summed E-state index contributed by atoms with van der Waals surface area (Å²) in [7, 11) is 0. The van der Waals surface area contributed by atoms with Crippen LogP contribution in [-0.4, -0.2) is 51.6 Å². The minimum absolute atomic E-state index is 0.411. The fourth-order valence-electron chi connectivity index (χ4n) is 1.50. The van der Waals surface area contributed by atoms with E-state index in [-0.39, 0.29) is 0 Å². The smallest absolute Gasteiger partial charge is 0.328 e. The van der Waals surface area contributed by atoms with E-state index >= 15 is 0 Å². The highest BCUT2D eigenvalue weighted by atomic mass is 16.4. The van der Waals surface area contributed by atoms with Crippen molar-refractivity contribution >= 4 is 12.0 Å². The lowest BCUT2D eigenvalue weighted by atomic mass is 10.1. The van der Waals surface area contributed by atoms with E-state index in [1.54, 1.807) is 6.20 Å². The molecular weight excluding hydrogens is 252 g/mol. The van der Waals surface area contributed by atoms with Gasteiger partial charge in [-0.3, -0.25) is 5.10 Å². The van der Waals surface area contributed by atoms with Gasteiger partial charge in [-0.25, -0.2) is 9.59 Å². The average molecular weight is 270 g/mol. The van der Waals surface area contributed by atoms with E-state index in [4.69, 9.17) is 10.2 Å². The Morgan fingerprint density at radius 3 is 2.79 bits per heavy atom. The number of H-pyrrole nitrogens is 1. The first-order chi connectivity index (χ1) is 9.04. The van der Waals surface area contributed by atoms with Crippen molar-refractivity contribution in [2.75, 3.05) is 13.2 Å². The van der Waals surface area contributed by atoms with E-state index in [0.29, 0.717) is 13.0 Å². The molecule has 0 radical (unpaired) electrons. The molecule has 0 aromatic carbocycles. The quantitative estimate of drug-likeness (QED) is 0.423. The highest BCUT2D eigenvalue weighted by Gasteiger charge is 2.17. The third-order valence-corrected chi connectivity index (χ3v) is 2.63. The number of hydrogen-bond acceptors (Lipinski definition) is 4. The number of aryl methyl sites for hydroxylation is 2. The molecule has 8 nitrogen and oxygen atoms in total. The molecule has 2 amide bonds. The van der Waals surface area contributed by atoms with E-state index < -0.39 is 24.6 Å². The van der Waals surface area contributed by atoms with Crippen LogP contribution in [0.1, 0.15) is 17.7 Å². The molecule has 8 heteroatoms. The molecule has 1 heterocycles. The fraction of sp³-hybridized carbons (Fsp3) is 0.545. The van der Waals surface area contributed by atoms with Crippen LogP contribution in [0.25, 0.3) is 0 Å². The second kappa shape index (κ2) is 7.37. The largest absolute Gasteiger partial charge is 0.480 e. The minimum Gasteiger partial charge on any atom is -0.480 e. The molecule has 1 aromatic rings. The average Bonchev–Trinajstić information content (AvgIpc) is 2.77. The molecule has 0 aliphatic carbocycles. The minimum atomic E-state index is -1.28. The first-order valence-electron chi connectivity index (χ1n) is 5.91. The first-order valence-corrected chi connectivity index (χ1v) is 5.91. The van der Waals surface area contributed by atoms with Crippen molar-refractivity contribution in [2.45, 2.75) is 25.8 Å². The van der Waals surface area contributed by atoms with Gasteiger partial charge in [0.25, 0.3) is 0 Å². The van der Waals surface area contributed by atoms with Crippen LogP contribution < -0.4 is 10.6 Å². The number of amides is 2. The Bertz CT molecular complexity index is 432. The molecular formula is C11H18N4O4. The summed E-state index contributed by atoms with van der Waals surface area (Å²) in [4.78, 5) is 21.9. The fourth-order valence-corrected chi connectivity index (χ4v) is 1.50. The zero-order valence-electron chi connectivity index (χ0n) is 10.6. The summed E-state index contributed by atoms with van der Waals surface area (Å²) in [6.45, 7) is 1.69. The second-order valence-corrected chi connectivity index (χ2v) is 4.10. The van der Waals surface area contributed by atoms with Gasteiger partial charge in [-0.1, -0.05) is 0 Å². The van der Waals surface area contributed by atoms with Gasteiger partial charge in [0.15, 0.2) is 6.04 Å². The maximum Gasteiger partial charge on any atom is 0.328 e. The SMILES string of the molecule is Cc1[nH]ncc1CCCNC(=O)NC(CO)C(=O)O. The zero-order chi connectivity index (χ0) is 14.3. The standard InChI is InChI=1S/C11H18N4O4/c1-7-8(5-13-15-7)3-2-4-12-11(19)14-9(6-16)10(17)18/h5,9,16H,2-4,6H2,1H3,(H,13,15)(H,17,18)(H2,12,14,19). The maximum absolute atomic E-state index is 11.3. The van der Waals surface area contributed by atoms with Crippen LogP contribution >= 0.6 is 0 Å². The predicted molar refractivity (Wildman–Crippen MR) is 66.7 cm³/mol. The molecule has 1 atom stereocenters. The lowest BCUT2D eigenvalue weighted by molar-refractivity contribution is -0.140. The lowest BCUT2D eigenvalue weighted by Crippen LogP contribution is -2.48. The molecule has 1 rings (SSSR count). The zero-order valence-corrected chi connectivity index (χ0v) is 10.6. The molecule has 0 saturated carbocycles. The van der Waals surface area contributed by atoms with Gasteiger partial charge < -0.3 is 20.8 Å². The predicted octanol–water partition coefficient (Wildman–Crippen LogP) is -0.605. The topological polar surface area (TPSA) is 127 Å². The molecule has 0 saturated heterocycles. The summed E-state index contributed by atoms with van der Waals surface area (Å²) in [6, 6.07) is -1.89. The Balaban J connectivity index is 2.20. The van der Waals surface area contributed by atoms with Crippen LogP contribution in [0.5, 0.6) is 0 Å². The van der Waals surface area contributed by atoms with Crippen molar-refractivity contribution in [3.05, 3.63) is 17.5 Å². The number of carboxylic acid groups (broad SMARTS) is 1. The molecule has 0 bridgehead atoms. The van der Waals surface area contributed by atoms with Crippen molar-refractivity contribution in [1.82, 2.24) is 20.8 Å². The van der Waals surface area contributed by atoms with E-state index in [0.717, 1.165) is 17.7 Å². The number of carboxylic acids is 1. The first kappa shape index (κ1) is 15.0. The van der Waals surface area contributed by atoms with Crippen molar-refractivity contribution in [1.29, 1.82) is 0 Å². The Morgan fingerprint density at radius 2 is 2.26 bits per heavy atom. The van der Waals surface area contributed by atoms with Crippen molar-refractivity contribution < 1.29 is 19.8 Å². The number of aliphatic carboxylic acids is 1. The summed E-state index contributed by atoms with van der Waals surface area (Å²) in [5.41, 5.74) is 2.08. The van der Waals surface area contributed by atoms with Gasteiger partial charge in [-0.15, -0.1) is 0 Å². The summed E-state index contributed by atoms with van der Waals surface area (Å²) in [5, 5.41) is 28.8. The van der Waals surface area contributed by atoms with Gasteiger partial charge in [0.05, 0.1) is 12.8 Å². The summed E-state index contributed by atoms with van der Waals surface area (Å²) >= 11 is 0. The van der Waals surface area contributed by atoms with Crippen molar-refractivity contribution in [2.24, 2.45) is 0 Å². The Kier molecular flexibility index (Phi) is 5.80. The number of nitrogens with zero attached hydrogens (tertiary/aromatic N) is 1. The van der Waals surface area contributed by atoms with E-state index in [1.165, 1.54) is 0 Å². The van der Waals surface area contributed by atoms with E-state index in [2.05, 4.69) is 20.8 Å². The van der Waals surface area contributed by atoms with Crippen LogP contribution in [0.2, 0.25) is 0 Å². The highest BCUT2D eigenvalue weighted by Crippen LogP contribution is 2.04. The molecule has 0 spiro atoms. The number of rotatable bonds is 7. The molecule has 0 fully saturated rings. The number of aromatic nitrogens is 2. The van der Waals surface area contributed by atoms with Crippen LogP contribution in [0, 0.1) is 6.92 Å². The van der Waals surface area contributed by atoms with Crippen LogP contribution in [-0.2, 0) is 11.2 Å². The number of aromatic amines is 1. The van der Waals surface area contributed by atoms with Gasteiger partial charge in [0.1, 0.15) is 0 Å². The number of nitrogens with one attached hydrogen (secondary N) is 3. The summed E-state index contributed by atoms with van der Waals surface area (Å²) < 4.78 is 0. The number of carbonyl (C=O) groups is 2. The van der Waals surface area contributed by atoms with Crippen molar-refractivity contribution in [3.8, 4) is 0 Å². The van der Waals surface area contributed by atoms with Gasteiger partial charge in [-0.2, -0.15) is 5.10 Å². The third kappa shape index (κ3) is 4.96. The number of urea groups is 1. The molecule has 0 aliphatic rings. The molecule has 19 heavy (non-hydrogen) atoms. The molecule has 0 aliphatic heterocycles. The van der Waals surface area contributed by atoms with Crippen molar-refractivity contribution in [3.63, 3.8) is 0 Å². The van der Waals surface area contributed by atoms with Gasteiger partial charge in [0, 0.05) is 12.2 Å². The highest BCUT2D eigenvalue weighted by molar-refractivity contribution is 5.82. The number of carbonyl (C=O) groups excluding carboxylic acids is 1. The monoisotopic (exact) mass is 270 g/mol. The van der Waals surface area contributed by atoms with Gasteiger partial charge in [-0.05, 0) is 25.3 Å². The number of aliphatic hydroxyl groups is 1. The van der Waals surface area contributed by atoms with Crippen LogP contribution in [0.15, 0.2) is 6.20 Å². The Morgan fingerprint density at radius 1 is 1.53 bits per heavy atom. The summed E-state index contributed by atoms with van der Waals surface area (Å²) in [6.07, 6.45) is 3.22. The number of aliphatic hydroxyl groups excluding tert-OH is 1. The second-order valence-electron chi connectivity index (χ2n) is 4.10. The molecule has 106 valence electrons. The number of hydrogen-bond donors (Lipinski definition) is 5. The van der Waals surface area contributed by atoms with E-state index in [1.807, 2.05) is 6.92 Å². The Hall–Kier alpha value is -2.09. The third-order valence-electron chi connectivity index (χ3n) is 2.63. The van der Waals surface area contributed by atoms with Gasteiger partial charge in [0.2, 0.25) is 0 Å². The molecule has 1 unspecified atom stereocenters. The summed E-state index contributed by atoms with van der Waals surface area (Å²) in [5.74, 6) is -1.27. The van der Waals surface area contributed by atoms with Gasteiger partial charge >= 0.3 is 12.0 Å². The normalized spacial score (nSPS) is 11.9. The molecule has 1 aromatic heterocycles. The van der Waals surface area contributed by atoms with Crippen LogP contribution in [0.4, 0.5) is 4.79 Å². The lowest BCUT2D eigenvalue weighted by Gasteiger charge is -2.12. The van der Waals surface area contributed by atoms with Crippen LogP contribution in [0.3, 0.4) is 0 Å². The van der Waals surface area contributed by atoms with E-state index in [9.17, 15) is 9.59 Å².